The van der Waals surface area contributed by atoms with Crippen LogP contribution in [0.2, 0.25) is 10.0 Å². The van der Waals surface area contributed by atoms with E-state index in [9.17, 15) is 4.79 Å². The third-order valence-electron chi connectivity index (χ3n) is 2.43. The maximum Gasteiger partial charge on any atom is 0.150 e. The molecule has 2 aromatic rings. The van der Waals surface area contributed by atoms with Crippen LogP contribution in [0.3, 0.4) is 0 Å². The fourth-order valence-electron chi connectivity index (χ4n) is 1.48. The molecule has 18 heavy (non-hydrogen) atoms. The fourth-order valence-corrected chi connectivity index (χ4v) is 3.04. The summed E-state index contributed by atoms with van der Waals surface area (Å²) in [5.41, 5.74) is 1.65. The van der Waals surface area contributed by atoms with E-state index in [0.29, 0.717) is 10.6 Å². The van der Waals surface area contributed by atoms with Crippen molar-refractivity contribution in [2.75, 3.05) is 0 Å². The minimum Gasteiger partial charge on any atom is -0.298 e. The van der Waals surface area contributed by atoms with Gasteiger partial charge < -0.3 is 0 Å². The predicted molar refractivity (Wildman–Crippen MR) is 77.9 cm³/mol. The van der Waals surface area contributed by atoms with Crippen LogP contribution in [0.1, 0.15) is 15.9 Å². The molecule has 0 aliphatic rings. The van der Waals surface area contributed by atoms with Gasteiger partial charge in [0.25, 0.3) is 0 Å². The predicted octanol–water partition coefficient (Wildman–Crippen LogP) is 5.10. The number of hydrogen-bond donors (Lipinski definition) is 0. The average Bonchev–Trinajstić information content (AvgIpc) is 2.39. The first-order chi connectivity index (χ1) is 8.70. The molecule has 92 valence electrons. The van der Waals surface area contributed by atoms with Gasteiger partial charge in [-0.05, 0) is 23.8 Å². The van der Waals surface area contributed by atoms with Gasteiger partial charge in [-0.25, -0.2) is 0 Å². The number of thioether (sulfide) groups is 1. The Morgan fingerprint density at radius 2 is 1.83 bits per heavy atom. The molecule has 0 radical (unpaired) electrons. The number of rotatable bonds is 4. The molecule has 0 aliphatic carbocycles. The fraction of sp³-hybridized carbons (Fsp3) is 0.0714. The summed E-state index contributed by atoms with van der Waals surface area (Å²) in [6.45, 7) is 0. The third-order valence-corrected chi connectivity index (χ3v) is 4.35. The molecular weight excluding hydrogens is 287 g/mol. The van der Waals surface area contributed by atoms with Crippen molar-refractivity contribution in [2.45, 2.75) is 10.6 Å². The van der Waals surface area contributed by atoms with Gasteiger partial charge in [0, 0.05) is 21.2 Å². The second-order valence-electron chi connectivity index (χ2n) is 3.69. The Hall–Kier alpha value is -0.960. The molecule has 0 heterocycles. The maximum atomic E-state index is 10.6. The van der Waals surface area contributed by atoms with Crippen molar-refractivity contribution in [3.05, 3.63) is 63.6 Å². The molecule has 0 saturated heterocycles. The van der Waals surface area contributed by atoms with E-state index in [1.165, 1.54) is 0 Å². The Morgan fingerprint density at radius 3 is 2.50 bits per heavy atom. The summed E-state index contributed by atoms with van der Waals surface area (Å²) in [6, 6.07) is 13.0. The van der Waals surface area contributed by atoms with Gasteiger partial charge in [-0.15, -0.1) is 11.8 Å². The Balaban J connectivity index is 2.11. The van der Waals surface area contributed by atoms with E-state index in [1.807, 2.05) is 30.3 Å². The maximum absolute atomic E-state index is 10.6. The van der Waals surface area contributed by atoms with Crippen LogP contribution >= 0.6 is 35.0 Å². The van der Waals surface area contributed by atoms with Crippen LogP contribution in [-0.2, 0) is 5.75 Å². The second-order valence-corrected chi connectivity index (χ2v) is 5.52. The number of carbonyl (C=O) groups excluding carboxylic acids is 1. The van der Waals surface area contributed by atoms with Gasteiger partial charge >= 0.3 is 0 Å². The summed E-state index contributed by atoms with van der Waals surface area (Å²) in [4.78, 5) is 11.6. The van der Waals surface area contributed by atoms with Crippen LogP contribution in [0.25, 0.3) is 0 Å². The molecule has 0 saturated carbocycles. The van der Waals surface area contributed by atoms with E-state index in [4.69, 9.17) is 23.2 Å². The number of hydrogen-bond acceptors (Lipinski definition) is 2. The van der Waals surface area contributed by atoms with E-state index in [2.05, 4.69) is 0 Å². The van der Waals surface area contributed by atoms with Crippen molar-refractivity contribution in [3.63, 3.8) is 0 Å². The van der Waals surface area contributed by atoms with E-state index >= 15 is 0 Å². The lowest BCUT2D eigenvalue weighted by molar-refractivity contribution is 0.112. The van der Waals surface area contributed by atoms with Gasteiger partial charge in [-0.3, -0.25) is 4.79 Å². The molecular formula is C14H10Cl2OS. The molecule has 0 aliphatic heterocycles. The van der Waals surface area contributed by atoms with Gasteiger partial charge in [0.2, 0.25) is 0 Å². The zero-order valence-electron chi connectivity index (χ0n) is 9.40. The molecule has 0 N–H and O–H groups in total. The van der Waals surface area contributed by atoms with Crippen molar-refractivity contribution < 1.29 is 4.79 Å². The molecule has 2 rings (SSSR count). The van der Waals surface area contributed by atoms with Crippen LogP contribution < -0.4 is 0 Å². The molecule has 0 aromatic heterocycles. The molecule has 0 amide bonds. The zero-order chi connectivity index (χ0) is 13.0. The molecule has 0 atom stereocenters. The topological polar surface area (TPSA) is 17.1 Å². The highest BCUT2D eigenvalue weighted by Gasteiger charge is 2.05. The summed E-state index contributed by atoms with van der Waals surface area (Å²) in [6.07, 6.45) is 0.786. The first-order valence-electron chi connectivity index (χ1n) is 5.31. The van der Waals surface area contributed by atoms with Crippen molar-refractivity contribution in [2.24, 2.45) is 0 Å². The van der Waals surface area contributed by atoms with Crippen molar-refractivity contribution >= 4 is 41.2 Å². The molecule has 0 fully saturated rings. The summed E-state index contributed by atoms with van der Waals surface area (Å²) >= 11 is 13.8. The minimum absolute atomic E-state index is 0.585. The van der Waals surface area contributed by atoms with Gasteiger partial charge in [-0.2, -0.15) is 0 Å². The Labute approximate surface area is 120 Å². The smallest absolute Gasteiger partial charge is 0.150 e. The second kappa shape index (κ2) is 6.28. The molecule has 2 aromatic carbocycles. The van der Waals surface area contributed by atoms with Crippen LogP contribution in [0, 0.1) is 0 Å². The van der Waals surface area contributed by atoms with E-state index in [-0.39, 0.29) is 0 Å². The third kappa shape index (κ3) is 3.29. The van der Waals surface area contributed by atoms with Crippen molar-refractivity contribution in [1.82, 2.24) is 0 Å². The largest absolute Gasteiger partial charge is 0.298 e. The van der Waals surface area contributed by atoms with E-state index in [1.54, 1.807) is 23.9 Å². The highest BCUT2D eigenvalue weighted by atomic mass is 35.5. The summed E-state index contributed by atoms with van der Waals surface area (Å²) < 4.78 is 0. The number of halogens is 2. The van der Waals surface area contributed by atoms with Crippen molar-refractivity contribution in [3.8, 4) is 0 Å². The lowest BCUT2D eigenvalue weighted by Crippen LogP contribution is -1.84. The Morgan fingerprint density at radius 1 is 1.06 bits per heavy atom. The molecule has 1 nitrogen and oxygen atoms in total. The SMILES string of the molecule is O=Cc1ccc(SCc2ccccc2Cl)c(Cl)c1. The van der Waals surface area contributed by atoms with Crippen LogP contribution in [0.5, 0.6) is 0 Å². The number of benzene rings is 2. The quantitative estimate of drug-likeness (QED) is 0.577. The molecule has 0 bridgehead atoms. The number of carbonyl (C=O) groups is 1. The van der Waals surface area contributed by atoms with Crippen LogP contribution in [0.4, 0.5) is 0 Å². The minimum atomic E-state index is 0.585. The summed E-state index contributed by atoms with van der Waals surface area (Å²) in [5.74, 6) is 0.750. The van der Waals surface area contributed by atoms with Gasteiger partial charge in [0.15, 0.2) is 0 Å². The van der Waals surface area contributed by atoms with Gasteiger partial charge in [-0.1, -0.05) is 47.5 Å². The highest BCUT2D eigenvalue weighted by Crippen LogP contribution is 2.31. The average molecular weight is 297 g/mol. The van der Waals surface area contributed by atoms with Crippen LogP contribution in [-0.4, -0.2) is 6.29 Å². The first-order valence-corrected chi connectivity index (χ1v) is 7.06. The lowest BCUT2D eigenvalue weighted by atomic mass is 10.2. The monoisotopic (exact) mass is 296 g/mol. The molecule has 0 unspecified atom stereocenters. The Bertz CT molecular complexity index is 569. The highest BCUT2D eigenvalue weighted by molar-refractivity contribution is 7.98. The van der Waals surface area contributed by atoms with E-state index < -0.39 is 0 Å². The Kier molecular flexibility index (Phi) is 4.70. The summed E-state index contributed by atoms with van der Waals surface area (Å²) in [5, 5.41) is 1.35. The van der Waals surface area contributed by atoms with Crippen LogP contribution in [0.15, 0.2) is 47.4 Å². The lowest BCUT2D eigenvalue weighted by Gasteiger charge is -2.06. The standard InChI is InChI=1S/C14H10Cl2OS/c15-12-4-2-1-3-11(12)9-18-14-6-5-10(8-17)7-13(14)16/h1-8H,9H2. The zero-order valence-corrected chi connectivity index (χ0v) is 11.7. The van der Waals surface area contributed by atoms with Gasteiger partial charge in [0.05, 0.1) is 5.02 Å². The van der Waals surface area contributed by atoms with Gasteiger partial charge in [0.1, 0.15) is 6.29 Å². The number of aldehydes is 1. The molecule has 4 heteroatoms. The first kappa shape index (κ1) is 13.5. The van der Waals surface area contributed by atoms with E-state index in [0.717, 1.165) is 27.5 Å². The summed E-state index contributed by atoms with van der Waals surface area (Å²) in [7, 11) is 0. The normalized spacial score (nSPS) is 10.3. The van der Waals surface area contributed by atoms with Crippen molar-refractivity contribution in [1.29, 1.82) is 0 Å². The molecule has 0 spiro atoms.